The average Bonchev–Trinajstić information content (AvgIpc) is 2.28. The standard InChI is InChI=1S/C11H21F3N2S/c12-11(13,14)4-1-2-5-15-6-3-10-9-17-8-7-16-10/h10,15-16H,1-9H2. The van der Waals surface area contributed by atoms with Crippen LogP contribution in [0.15, 0.2) is 0 Å². The Labute approximate surface area is 105 Å². The Kier molecular flexibility index (Phi) is 7.30. The van der Waals surface area contributed by atoms with Gasteiger partial charge in [0.2, 0.25) is 0 Å². The Morgan fingerprint density at radius 1 is 1.24 bits per heavy atom. The Bertz CT molecular complexity index is 194. The topological polar surface area (TPSA) is 24.1 Å². The van der Waals surface area contributed by atoms with E-state index in [0.717, 1.165) is 25.3 Å². The number of rotatable bonds is 7. The molecule has 2 nitrogen and oxygen atoms in total. The van der Waals surface area contributed by atoms with Crippen LogP contribution in [-0.2, 0) is 0 Å². The minimum Gasteiger partial charge on any atom is -0.317 e. The van der Waals surface area contributed by atoms with Gasteiger partial charge in [-0.2, -0.15) is 24.9 Å². The van der Waals surface area contributed by atoms with Crippen molar-refractivity contribution in [3.63, 3.8) is 0 Å². The van der Waals surface area contributed by atoms with Crippen molar-refractivity contribution in [1.29, 1.82) is 0 Å². The Hall–Kier alpha value is 0.0600. The second kappa shape index (κ2) is 8.21. The van der Waals surface area contributed by atoms with Crippen molar-refractivity contribution in [2.45, 2.75) is 37.9 Å². The molecule has 1 rings (SSSR count). The summed E-state index contributed by atoms with van der Waals surface area (Å²) in [4.78, 5) is 0. The maximum absolute atomic E-state index is 11.8. The number of nitrogens with one attached hydrogen (secondary N) is 2. The first kappa shape index (κ1) is 15.1. The first-order chi connectivity index (χ1) is 8.08. The summed E-state index contributed by atoms with van der Waals surface area (Å²) in [6.07, 6.45) is -2.76. The minimum absolute atomic E-state index is 0.230. The van der Waals surface area contributed by atoms with Gasteiger partial charge in [-0.05, 0) is 32.4 Å². The molecule has 0 aromatic carbocycles. The summed E-state index contributed by atoms with van der Waals surface area (Å²) in [5.41, 5.74) is 0. The van der Waals surface area contributed by atoms with E-state index in [2.05, 4.69) is 10.6 Å². The second-order valence-corrected chi connectivity index (χ2v) is 5.49. The first-order valence-electron chi connectivity index (χ1n) is 6.16. The van der Waals surface area contributed by atoms with Crippen molar-refractivity contribution in [2.75, 3.05) is 31.1 Å². The van der Waals surface area contributed by atoms with Crippen LogP contribution >= 0.6 is 11.8 Å². The van der Waals surface area contributed by atoms with Crippen LogP contribution in [-0.4, -0.2) is 43.4 Å². The third-order valence-corrected chi connectivity index (χ3v) is 3.86. The van der Waals surface area contributed by atoms with Crippen LogP contribution in [0.5, 0.6) is 0 Å². The van der Waals surface area contributed by atoms with Gasteiger partial charge in [0.25, 0.3) is 0 Å². The molecule has 1 atom stereocenters. The van der Waals surface area contributed by atoms with Crippen LogP contribution in [0.25, 0.3) is 0 Å². The number of halogens is 3. The number of alkyl halides is 3. The smallest absolute Gasteiger partial charge is 0.317 e. The van der Waals surface area contributed by atoms with Gasteiger partial charge in [-0.1, -0.05) is 0 Å². The minimum atomic E-state index is -4.00. The van der Waals surface area contributed by atoms with E-state index in [1.165, 1.54) is 5.75 Å². The number of hydrogen-bond donors (Lipinski definition) is 2. The molecule has 0 bridgehead atoms. The summed E-state index contributed by atoms with van der Waals surface area (Å²) in [6, 6.07) is 0.566. The molecule has 0 saturated carbocycles. The zero-order valence-electron chi connectivity index (χ0n) is 9.98. The predicted octanol–water partition coefficient (Wildman–Crippen LogP) is 2.40. The maximum Gasteiger partial charge on any atom is 0.389 e. The largest absolute Gasteiger partial charge is 0.389 e. The molecule has 0 aromatic heterocycles. The molecule has 1 saturated heterocycles. The molecule has 0 spiro atoms. The molecular formula is C11H21F3N2S. The number of thioether (sulfide) groups is 1. The zero-order chi connectivity index (χ0) is 12.6. The van der Waals surface area contributed by atoms with E-state index in [1.54, 1.807) is 0 Å². The molecule has 2 N–H and O–H groups in total. The van der Waals surface area contributed by atoms with Crippen molar-refractivity contribution in [3.05, 3.63) is 0 Å². The molecule has 0 aliphatic carbocycles. The Morgan fingerprint density at radius 2 is 2.06 bits per heavy atom. The highest BCUT2D eigenvalue weighted by atomic mass is 32.2. The van der Waals surface area contributed by atoms with Crippen molar-refractivity contribution >= 4 is 11.8 Å². The van der Waals surface area contributed by atoms with Crippen LogP contribution in [0, 0.1) is 0 Å². The van der Waals surface area contributed by atoms with Gasteiger partial charge in [-0.3, -0.25) is 0 Å². The lowest BCUT2D eigenvalue weighted by Crippen LogP contribution is -2.39. The van der Waals surface area contributed by atoms with Gasteiger partial charge in [-0.25, -0.2) is 0 Å². The highest BCUT2D eigenvalue weighted by molar-refractivity contribution is 7.99. The summed E-state index contributed by atoms with van der Waals surface area (Å²) < 4.78 is 35.5. The average molecular weight is 270 g/mol. The molecule has 0 radical (unpaired) electrons. The van der Waals surface area contributed by atoms with Crippen LogP contribution in [0.4, 0.5) is 13.2 Å². The van der Waals surface area contributed by atoms with Gasteiger partial charge in [0, 0.05) is 30.5 Å². The van der Waals surface area contributed by atoms with E-state index < -0.39 is 12.6 Å². The third kappa shape index (κ3) is 8.74. The molecule has 102 valence electrons. The molecule has 0 aromatic rings. The Morgan fingerprint density at radius 3 is 2.71 bits per heavy atom. The highest BCUT2D eigenvalue weighted by Gasteiger charge is 2.25. The third-order valence-electron chi connectivity index (χ3n) is 2.73. The second-order valence-electron chi connectivity index (χ2n) is 4.34. The van der Waals surface area contributed by atoms with E-state index in [-0.39, 0.29) is 6.42 Å². The fourth-order valence-corrected chi connectivity index (χ4v) is 2.78. The van der Waals surface area contributed by atoms with Gasteiger partial charge < -0.3 is 10.6 Å². The van der Waals surface area contributed by atoms with Gasteiger partial charge in [-0.15, -0.1) is 0 Å². The summed E-state index contributed by atoms with van der Waals surface area (Å²) in [6.45, 7) is 2.65. The van der Waals surface area contributed by atoms with E-state index in [9.17, 15) is 13.2 Å². The SMILES string of the molecule is FC(F)(F)CCCCNCCC1CSCCN1. The van der Waals surface area contributed by atoms with Crippen molar-refractivity contribution < 1.29 is 13.2 Å². The quantitative estimate of drug-likeness (QED) is 0.695. The lowest BCUT2D eigenvalue weighted by molar-refractivity contribution is -0.135. The molecule has 1 aliphatic heterocycles. The van der Waals surface area contributed by atoms with E-state index >= 15 is 0 Å². The molecular weight excluding hydrogens is 249 g/mol. The van der Waals surface area contributed by atoms with Crippen LogP contribution in [0.1, 0.15) is 25.7 Å². The fourth-order valence-electron chi connectivity index (χ4n) is 1.78. The maximum atomic E-state index is 11.8. The summed E-state index contributed by atoms with van der Waals surface area (Å²) in [7, 11) is 0. The van der Waals surface area contributed by atoms with Crippen molar-refractivity contribution in [3.8, 4) is 0 Å². The molecule has 17 heavy (non-hydrogen) atoms. The highest BCUT2D eigenvalue weighted by Crippen LogP contribution is 2.21. The molecule has 1 aliphatic rings. The lowest BCUT2D eigenvalue weighted by Gasteiger charge is -2.23. The molecule has 6 heteroatoms. The van der Waals surface area contributed by atoms with Crippen LogP contribution in [0.2, 0.25) is 0 Å². The fraction of sp³-hybridized carbons (Fsp3) is 1.00. The summed E-state index contributed by atoms with van der Waals surface area (Å²) in [5, 5.41) is 6.63. The van der Waals surface area contributed by atoms with Crippen LogP contribution < -0.4 is 10.6 Å². The van der Waals surface area contributed by atoms with Gasteiger partial charge in [0.05, 0.1) is 0 Å². The predicted molar refractivity (Wildman–Crippen MR) is 66.5 cm³/mol. The molecule has 0 amide bonds. The zero-order valence-corrected chi connectivity index (χ0v) is 10.8. The summed E-state index contributed by atoms with van der Waals surface area (Å²) >= 11 is 1.96. The molecule has 1 fully saturated rings. The van der Waals surface area contributed by atoms with Gasteiger partial charge >= 0.3 is 6.18 Å². The monoisotopic (exact) mass is 270 g/mol. The lowest BCUT2D eigenvalue weighted by atomic mass is 10.2. The normalized spacial score (nSPS) is 21.7. The van der Waals surface area contributed by atoms with Gasteiger partial charge in [0.1, 0.15) is 0 Å². The Balaban J connectivity index is 1.84. The molecule has 1 heterocycles. The number of hydrogen-bond acceptors (Lipinski definition) is 3. The first-order valence-corrected chi connectivity index (χ1v) is 7.32. The van der Waals surface area contributed by atoms with E-state index in [4.69, 9.17) is 0 Å². The molecule has 1 unspecified atom stereocenters. The number of unbranched alkanes of at least 4 members (excludes halogenated alkanes) is 1. The van der Waals surface area contributed by atoms with Gasteiger partial charge in [0.15, 0.2) is 0 Å². The van der Waals surface area contributed by atoms with E-state index in [1.807, 2.05) is 11.8 Å². The van der Waals surface area contributed by atoms with E-state index in [0.29, 0.717) is 19.0 Å². The van der Waals surface area contributed by atoms with Crippen molar-refractivity contribution in [1.82, 2.24) is 10.6 Å². The van der Waals surface area contributed by atoms with Crippen LogP contribution in [0.3, 0.4) is 0 Å². The van der Waals surface area contributed by atoms with Crippen molar-refractivity contribution in [2.24, 2.45) is 0 Å². The summed E-state index contributed by atoms with van der Waals surface area (Å²) in [5.74, 6) is 2.33.